The summed E-state index contributed by atoms with van der Waals surface area (Å²) in [5, 5.41) is 0. The van der Waals surface area contributed by atoms with E-state index in [0.717, 1.165) is 60.8 Å². The molecular weight excluding hydrogens is 824 g/mol. The molecule has 0 fully saturated rings. The molecule has 0 aromatic carbocycles. The molecule has 0 rings (SSSR count). The van der Waals surface area contributed by atoms with Gasteiger partial charge in [-0.3, -0.25) is 0 Å². The summed E-state index contributed by atoms with van der Waals surface area (Å²) >= 11 is -9.06. The molecule has 0 spiro atoms. The fourth-order valence-electron chi connectivity index (χ4n) is 3.05. The molecule has 12 heteroatoms. The fraction of sp³-hybridized carbons (Fsp3) is 1.00. The van der Waals surface area contributed by atoms with Gasteiger partial charge < -0.3 is 0 Å². The van der Waals surface area contributed by atoms with Gasteiger partial charge in [0.25, 0.3) is 0 Å². The zero-order valence-electron chi connectivity index (χ0n) is 27.8. The molecule has 0 aliphatic rings. The minimum atomic E-state index is -3.26. The second-order valence-corrected chi connectivity index (χ2v) is 34.3. The van der Waals surface area contributed by atoms with Crippen LogP contribution in [0.2, 0.25) is 13.8 Å². The second kappa shape index (κ2) is 31.5. The summed E-state index contributed by atoms with van der Waals surface area (Å²) in [5.41, 5.74) is 0. The summed E-state index contributed by atoms with van der Waals surface area (Å²) in [7, 11) is 9.88. The second-order valence-electron chi connectivity index (χ2n) is 9.27. The zero-order valence-corrected chi connectivity index (χ0v) is 36.3. The van der Waals surface area contributed by atoms with E-state index in [2.05, 4.69) is 34.6 Å². The Morgan fingerprint density at radius 3 is 0.872 bits per heavy atom. The molecule has 0 aromatic rings. The predicted molar refractivity (Wildman–Crippen MR) is 167 cm³/mol. The first-order valence-electron chi connectivity index (χ1n) is 14.9. The Labute approximate surface area is 259 Å². The summed E-state index contributed by atoms with van der Waals surface area (Å²) < 4.78 is 51.6. The van der Waals surface area contributed by atoms with Crippen molar-refractivity contribution in [3.8, 4) is 0 Å². The molecule has 9 nitrogen and oxygen atoms in total. The van der Waals surface area contributed by atoms with Crippen LogP contribution >= 0.6 is 0 Å². The van der Waals surface area contributed by atoms with Crippen molar-refractivity contribution < 1.29 is 27.7 Å². The Balaban J connectivity index is -0.000000570. The van der Waals surface area contributed by atoms with Gasteiger partial charge in [-0.05, 0) is 0 Å². The molecule has 0 saturated heterocycles. The van der Waals surface area contributed by atoms with Crippen LogP contribution in [0.25, 0.3) is 0 Å². The maximum absolute atomic E-state index is 6.23. The minimum absolute atomic E-state index is 0.814. The molecule has 240 valence electrons. The van der Waals surface area contributed by atoms with Crippen molar-refractivity contribution in [2.75, 3.05) is 62.5 Å². The fourth-order valence-corrected chi connectivity index (χ4v) is 18.0. The van der Waals surface area contributed by atoms with Crippen molar-refractivity contribution in [2.24, 2.45) is 0 Å². The maximum atomic E-state index is 6.23. The van der Waals surface area contributed by atoms with Crippen molar-refractivity contribution in [3.63, 3.8) is 0 Å². The Morgan fingerprint density at radius 2 is 0.667 bits per heavy atom. The van der Waals surface area contributed by atoms with Crippen molar-refractivity contribution in [2.45, 2.75) is 113 Å². The van der Waals surface area contributed by atoms with Gasteiger partial charge in [0.05, 0.1) is 0 Å². The number of hydrogen-bond acceptors (Lipinski definition) is 9. The van der Waals surface area contributed by atoms with Crippen molar-refractivity contribution in [3.05, 3.63) is 0 Å². The third-order valence-corrected chi connectivity index (χ3v) is 28.9. The molecule has 39 heavy (non-hydrogen) atoms. The molecule has 0 atom stereocenters. The van der Waals surface area contributed by atoms with E-state index in [1.807, 2.05) is 4.94 Å². The van der Waals surface area contributed by atoms with Crippen LogP contribution in [-0.2, 0) is 27.7 Å². The van der Waals surface area contributed by atoms with E-state index in [0.29, 0.717) is 0 Å². The third kappa shape index (κ3) is 25.1. The van der Waals surface area contributed by atoms with Crippen LogP contribution < -0.4 is 0 Å². The quantitative estimate of drug-likeness (QED) is 0.0732. The summed E-state index contributed by atoms with van der Waals surface area (Å²) in [6, 6.07) is 0. The van der Waals surface area contributed by atoms with E-state index in [1.54, 1.807) is 42.7 Å². The summed E-state index contributed by atoms with van der Waals surface area (Å²) in [5.74, 6) is 0. The van der Waals surface area contributed by atoms with Crippen LogP contribution in [0, 0.1) is 0 Å². The molecule has 0 amide bonds. The number of hydrogen-bond donors (Lipinski definition) is 0. The van der Waals surface area contributed by atoms with E-state index in [-0.39, 0.29) is 0 Å². The van der Waals surface area contributed by atoms with E-state index < -0.39 is 58.9 Å². The molecule has 0 aromatic heterocycles. The number of rotatable bonds is 24. The molecule has 0 bridgehead atoms. The van der Waals surface area contributed by atoms with Gasteiger partial charge in [0.1, 0.15) is 0 Å². The molecular formula is C27H66O9Sn3. The van der Waals surface area contributed by atoms with Crippen molar-refractivity contribution >= 4 is 58.9 Å². The van der Waals surface area contributed by atoms with Crippen molar-refractivity contribution in [1.29, 1.82) is 0 Å². The van der Waals surface area contributed by atoms with Gasteiger partial charge in [0, 0.05) is 0 Å². The molecule has 0 N–H and O–H groups in total. The van der Waals surface area contributed by atoms with Gasteiger partial charge in [0.2, 0.25) is 0 Å². The Morgan fingerprint density at radius 1 is 0.385 bits per heavy atom. The number of unbranched alkanes of at least 4 members (excludes halogenated alkanes) is 5. The topological polar surface area (TPSA) is 83.1 Å². The van der Waals surface area contributed by atoms with Gasteiger partial charge in [0.15, 0.2) is 0 Å². The van der Waals surface area contributed by atoms with Gasteiger partial charge in [-0.2, -0.15) is 0 Å². The van der Waals surface area contributed by atoms with Crippen molar-refractivity contribution in [1.82, 2.24) is 0 Å². The first-order chi connectivity index (χ1) is 18.7. The summed E-state index contributed by atoms with van der Waals surface area (Å²) in [6.45, 7) is 13.4. The summed E-state index contributed by atoms with van der Waals surface area (Å²) in [4.78, 5) is 1.90. The predicted octanol–water partition coefficient (Wildman–Crippen LogP) is 7.33. The first-order valence-corrected chi connectivity index (χ1v) is 32.3. The summed E-state index contributed by atoms with van der Waals surface area (Å²) in [6.07, 6.45) is 11.5. The zero-order chi connectivity index (χ0) is 30.5. The molecule has 0 aliphatic carbocycles. The van der Waals surface area contributed by atoms with Gasteiger partial charge in [-0.15, -0.1) is 0 Å². The average Bonchev–Trinajstić information content (AvgIpc) is 2.97. The van der Waals surface area contributed by atoms with Gasteiger partial charge in [-0.25, -0.2) is 0 Å². The van der Waals surface area contributed by atoms with Crippen LogP contribution in [0.5, 0.6) is 0 Å². The molecule has 0 heterocycles. The van der Waals surface area contributed by atoms with Crippen LogP contribution in [0.4, 0.5) is 0 Å². The monoisotopic (exact) mass is 894 g/mol. The van der Waals surface area contributed by atoms with Gasteiger partial charge >= 0.3 is 262 Å². The molecule has 0 aliphatic heterocycles. The SMILES string of the molecule is CCCC[O][Sn]([CH2]CCC)([O]CCCC)[O]CCCC.CCC[CH2][Sn]([O]C)([O]C)[O]C.C[O][Sn]([CH3])([O]C)[O]C. The van der Waals surface area contributed by atoms with Crippen LogP contribution in [0.3, 0.4) is 0 Å². The van der Waals surface area contributed by atoms with Crippen LogP contribution in [-0.4, -0.2) is 121 Å². The Hall–Kier alpha value is 2.04. The van der Waals surface area contributed by atoms with Crippen LogP contribution in [0.15, 0.2) is 0 Å². The third-order valence-electron chi connectivity index (χ3n) is 6.18. The average molecular weight is 891 g/mol. The molecule has 0 unspecified atom stereocenters. The first kappa shape index (κ1) is 45.5. The van der Waals surface area contributed by atoms with E-state index in [4.69, 9.17) is 27.7 Å². The van der Waals surface area contributed by atoms with Gasteiger partial charge in [-0.1, -0.05) is 0 Å². The van der Waals surface area contributed by atoms with Crippen LogP contribution in [0.1, 0.15) is 98.8 Å². The Kier molecular flexibility index (Phi) is 36.7. The van der Waals surface area contributed by atoms with E-state index in [9.17, 15) is 0 Å². The standard InChI is InChI=1S/3C4H9O.2C4H9.6CH3O.CH3.3Sn/c3*1-2-3-4-5;2*1-3-4-2;6*1-2;;;;/h3*2-4H2,1H3;2*1,3-4H2,2H3;6*1H3;1H3;;;/q3*-1;;;6*-1;;3*+3. The van der Waals surface area contributed by atoms with E-state index >= 15 is 0 Å². The normalized spacial score (nSPS) is 12.0. The molecule has 0 radical (unpaired) electrons. The Bertz CT molecular complexity index is 440. The molecule has 0 saturated carbocycles. The van der Waals surface area contributed by atoms with E-state index in [1.165, 1.54) is 32.1 Å².